The first kappa shape index (κ1) is 75.7. The zero-order chi connectivity index (χ0) is 64.7. The molecular weight excluding hydrogens is 1180 g/mol. The molecule has 0 aromatic carbocycles. The number of hydrogen-bond acceptors (Lipinski definition) is 32. The topological polar surface area (TPSA) is 560 Å². The van der Waals surface area contributed by atoms with Crippen LogP contribution in [-0.2, 0) is 61.9 Å². The van der Waals surface area contributed by atoms with Crippen LogP contribution in [0.15, 0.2) is 0 Å². The molecule has 0 saturated carbocycles. The van der Waals surface area contributed by atoms with Gasteiger partial charge in [-0.2, -0.15) is 0 Å². The molecule has 0 bridgehead atoms. The van der Waals surface area contributed by atoms with Gasteiger partial charge in [0.15, 0.2) is 25.2 Å². The summed E-state index contributed by atoms with van der Waals surface area (Å²) in [6.45, 7) is -8.79. The fraction of sp³-hybridized carbons (Fsp3) is 0.900. The molecule has 0 aliphatic carbocycles. The first-order valence-electron chi connectivity index (χ1n) is 28.3. The predicted octanol–water partition coefficient (Wildman–Crippen LogP) is -12.4. The van der Waals surface area contributed by atoms with Gasteiger partial charge in [-0.25, -0.2) is 0 Å². The molecule has 0 aromatic heterocycles. The minimum Gasteiger partial charge on any atom is -0.480 e. The third kappa shape index (κ3) is 23.5. The quantitative estimate of drug-likeness (QED) is 0.0253. The second kappa shape index (κ2) is 38.2. The SMILES string of the molecule is O=C(O)CN(CCN(CC(=O)O)CC(=O)N(CCCOC1O[C@@H](CO)[C@@H](O)[C@H](O)[C@@H]1O)CCCOC1O[C@@H](CO)[C@@H](O)[C@H](O)[C@@H]1O)CCN(CC(=O)O)CC(=O)N(CCCOC1O[C@H](CO)[C@H](O)[C@@H](O)[C@H]1O)CCCOC1O[C@H](CO)[C@H](O)[C@@H](O)[C@H]1O. The lowest BCUT2D eigenvalue weighted by Gasteiger charge is -2.39. The van der Waals surface area contributed by atoms with Crippen LogP contribution < -0.4 is 0 Å². The molecule has 0 aromatic rings. The normalized spacial score (nSPS) is 33.0. The Balaban J connectivity index is 1.44. The highest BCUT2D eigenvalue weighted by molar-refractivity contribution is 5.80. The number of aliphatic hydroxyl groups excluding tert-OH is 16. The lowest BCUT2D eigenvalue weighted by molar-refractivity contribution is -0.301. The summed E-state index contributed by atoms with van der Waals surface area (Å²) in [5, 5.41) is 191. The maximum Gasteiger partial charge on any atom is 0.317 e. The van der Waals surface area contributed by atoms with Gasteiger partial charge in [-0.1, -0.05) is 0 Å². The van der Waals surface area contributed by atoms with Gasteiger partial charge in [0.1, 0.15) is 97.7 Å². The van der Waals surface area contributed by atoms with Crippen LogP contribution in [-0.4, -0.2) is 412 Å². The summed E-state index contributed by atoms with van der Waals surface area (Å²) < 4.78 is 43.7. The largest absolute Gasteiger partial charge is 0.480 e. The van der Waals surface area contributed by atoms with E-state index in [4.69, 9.17) is 37.9 Å². The monoisotopic (exact) mass is 1270 g/mol. The lowest BCUT2D eigenvalue weighted by atomic mass is 9.99. The molecule has 4 saturated heterocycles. The van der Waals surface area contributed by atoms with E-state index in [0.29, 0.717) is 0 Å². The first-order chi connectivity index (χ1) is 41.3. The van der Waals surface area contributed by atoms with Crippen molar-refractivity contribution in [1.29, 1.82) is 0 Å². The summed E-state index contributed by atoms with van der Waals surface area (Å²) in [7, 11) is 0. The molecule has 4 unspecified atom stereocenters. The molecular formula is C50H89N5O32. The Kier molecular flexibility index (Phi) is 33.2. The average molecular weight is 1270 g/mol. The molecule has 0 spiro atoms. The van der Waals surface area contributed by atoms with Gasteiger partial charge < -0.3 is 145 Å². The number of carbonyl (C=O) groups is 5. The maximum atomic E-state index is 14.1. The van der Waals surface area contributed by atoms with Gasteiger partial charge in [-0.15, -0.1) is 0 Å². The van der Waals surface area contributed by atoms with E-state index in [9.17, 15) is 121 Å². The number of ether oxygens (including phenoxy) is 8. The second-order valence-electron chi connectivity index (χ2n) is 21.3. The highest BCUT2D eigenvalue weighted by atomic mass is 16.7. The van der Waals surface area contributed by atoms with Gasteiger partial charge in [0, 0.05) is 52.4 Å². The molecule has 20 atom stereocenters. The van der Waals surface area contributed by atoms with Crippen molar-refractivity contribution < 1.29 is 159 Å². The molecule has 4 fully saturated rings. The highest BCUT2D eigenvalue weighted by Gasteiger charge is 2.47. The van der Waals surface area contributed by atoms with Crippen LogP contribution in [0.5, 0.6) is 0 Å². The van der Waals surface area contributed by atoms with E-state index in [1.165, 1.54) is 24.5 Å². The molecule has 0 radical (unpaired) electrons. The minimum atomic E-state index is -1.75. The Labute approximate surface area is 498 Å². The fourth-order valence-corrected chi connectivity index (χ4v) is 9.78. The van der Waals surface area contributed by atoms with Crippen LogP contribution in [0, 0.1) is 0 Å². The smallest absolute Gasteiger partial charge is 0.317 e. The van der Waals surface area contributed by atoms with E-state index in [0.717, 1.165) is 0 Å². The molecule has 4 rings (SSSR count). The molecule has 4 heterocycles. The van der Waals surface area contributed by atoms with E-state index in [1.54, 1.807) is 0 Å². The van der Waals surface area contributed by atoms with Crippen molar-refractivity contribution in [2.45, 2.75) is 149 Å². The van der Waals surface area contributed by atoms with Gasteiger partial charge in [0.2, 0.25) is 11.8 Å². The highest BCUT2D eigenvalue weighted by Crippen LogP contribution is 2.26. The number of hydrogen-bond donors (Lipinski definition) is 19. The number of aliphatic hydroxyl groups is 16. The van der Waals surface area contributed by atoms with E-state index in [2.05, 4.69) is 0 Å². The van der Waals surface area contributed by atoms with E-state index in [1.807, 2.05) is 0 Å². The van der Waals surface area contributed by atoms with E-state index < -0.39 is 212 Å². The van der Waals surface area contributed by atoms with Crippen molar-refractivity contribution >= 4 is 29.7 Å². The van der Waals surface area contributed by atoms with Gasteiger partial charge in [0.05, 0.1) is 85.6 Å². The van der Waals surface area contributed by atoms with Crippen LogP contribution in [0.3, 0.4) is 0 Å². The summed E-state index contributed by atoms with van der Waals surface area (Å²) in [5.74, 6) is -5.51. The summed E-state index contributed by atoms with van der Waals surface area (Å²) >= 11 is 0. The Hall–Kier alpha value is -3.73. The number of aliphatic carboxylic acids is 3. The Morgan fingerprint density at radius 1 is 0.299 bits per heavy atom. The van der Waals surface area contributed by atoms with Crippen LogP contribution in [0.2, 0.25) is 0 Å². The number of carboxylic acid groups (broad SMARTS) is 3. The van der Waals surface area contributed by atoms with Crippen molar-refractivity contribution in [3.8, 4) is 0 Å². The van der Waals surface area contributed by atoms with Crippen molar-refractivity contribution in [3.63, 3.8) is 0 Å². The number of rotatable bonds is 40. The number of amides is 2. The van der Waals surface area contributed by atoms with Gasteiger partial charge in [0.25, 0.3) is 0 Å². The lowest BCUT2D eigenvalue weighted by Crippen LogP contribution is -2.59. The molecule has 4 aliphatic heterocycles. The van der Waals surface area contributed by atoms with Crippen molar-refractivity contribution in [2.24, 2.45) is 0 Å². The summed E-state index contributed by atoms with van der Waals surface area (Å²) in [6.07, 6.45) is -31.7. The predicted molar refractivity (Wildman–Crippen MR) is 283 cm³/mol. The molecule has 2 amide bonds. The Morgan fingerprint density at radius 3 is 0.736 bits per heavy atom. The fourth-order valence-electron chi connectivity index (χ4n) is 9.78. The minimum absolute atomic E-state index is 0.00662. The zero-order valence-electron chi connectivity index (χ0n) is 47.8. The van der Waals surface area contributed by atoms with Crippen molar-refractivity contribution in [1.82, 2.24) is 24.5 Å². The average Bonchev–Trinajstić information content (AvgIpc) is 3.12. The van der Waals surface area contributed by atoms with Crippen molar-refractivity contribution in [2.75, 3.05) is 138 Å². The number of nitrogens with zero attached hydrogens (tertiary/aromatic N) is 5. The molecule has 506 valence electrons. The van der Waals surface area contributed by atoms with Crippen LogP contribution in [0.1, 0.15) is 25.7 Å². The molecule has 37 nitrogen and oxygen atoms in total. The van der Waals surface area contributed by atoms with Crippen LogP contribution >= 0.6 is 0 Å². The van der Waals surface area contributed by atoms with Crippen molar-refractivity contribution in [3.05, 3.63) is 0 Å². The summed E-state index contributed by atoms with van der Waals surface area (Å²) in [4.78, 5) is 70.9. The van der Waals surface area contributed by atoms with Gasteiger partial charge in [-0.3, -0.25) is 38.7 Å². The maximum absolute atomic E-state index is 14.1. The van der Waals surface area contributed by atoms with E-state index >= 15 is 0 Å². The summed E-state index contributed by atoms with van der Waals surface area (Å²) in [6, 6.07) is 0. The Morgan fingerprint density at radius 2 is 0.517 bits per heavy atom. The standard InChI is InChI=1S/C50H89N5O32/c56-22-26-35(68)39(72)43(76)47(84-26)80-13-1-5-54(6-2-14-81-48-44(77)40(73)36(69)27(23-57)85-48)30(60)17-52(20-33(64)65)11-9-51(19-32(62)63)10-12-53(21-34(66)67)18-31(61)55(7-3-15-82-49-45(78)41(74)37(70)28(24-58)86-49)8-4-16-83-50-46(79)42(75)38(71)29(25-59)87-50/h26-29,35-50,56-59,68-79H,1-25H2,(H,62,63)(H,64,65)(H,66,67)/t26-,27-,28+,29+,35+,36+,37-,38-,39-,40-,41+,42+,43-,44-,45+,46+,47?,48?,49?,50?. The zero-order valence-corrected chi connectivity index (χ0v) is 47.8. The van der Waals surface area contributed by atoms with Crippen LogP contribution in [0.25, 0.3) is 0 Å². The number of carboxylic acids is 3. The van der Waals surface area contributed by atoms with Gasteiger partial charge in [-0.05, 0) is 25.7 Å². The Bertz CT molecular complexity index is 1820. The third-order valence-corrected chi connectivity index (χ3v) is 14.8. The third-order valence-electron chi connectivity index (χ3n) is 14.8. The molecule has 4 aliphatic rings. The number of carbonyl (C=O) groups excluding carboxylic acids is 2. The van der Waals surface area contributed by atoms with Crippen LogP contribution in [0.4, 0.5) is 0 Å². The molecule has 87 heavy (non-hydrogen) atoms. The molecule has 37 heteroatoms. The molecule has 19 N–H and O–H groups in total. The van der Waals surface area contributed by atoms with Gasteiger partial charge >= 0.3 is 17.9 Å². The van der Waals surface area contributed by atoms with E-state index in [-0.39, 0.29) is 104 Å². The second-order valence-corrected chi connectivity index (χ2v) is 21.3. The summed E-state index contributed by atoms with van der Waals surface area (Å²) in [5.41, 5.74) is 0. The first-order valence-corrected chi connectivity index (χ1v) is 28.3.